The molecule has 0 aliphatic heterocycles. The molecule has 2 aromatic carbocycles. The lowest BCUT2D eigenvalue weighted by molar-refractivity contribution is 1.49. The predicted molar refractivity (Wildman–Crippen MR) is 58.2 cm³/mol. The number of hydrogen-bond donors (Lipinski definition) is 1. The van der Waals surface area contributed by atoms with Crippen molar-refractivity contribution in [3.05, 3.63) is 42.0 Å². The van der Waals surface area contributed by atoms with E-state index in [1.54, 1.807) is 0 Å². The summed E-state index contributed by atoms with van der Waals surface area (Å²) in [5.41, 5.74) is 2.52. The zero-order valence-corrected chi connectivity index (χ0v) is 7.96. The molecule has 0 heterocycles. The first kappa shape index (κ1) is 8.11. The second kappa shape index (κ2) is 3.09. The minimum atomic E-state index is 1.20. The first-order valence-corrected chi connectivity index (χ1v) is 4.49. The van der Waals surface area contributed by atoms with Gasteiger partial charge in [-0.3, -0.25) is 0 Å². The van der Waals surface area contributed by atoms with Gasteiger partial charge in [0, 0.05) is 18.1 Å². The van der Waals surface area contributed by atoms with Crippen LogP contribution in [0.2, 0.25) is 0 Å². The van der Waals surface area contributed by atoms with Crippen molar-refractivity contribution >= 4 is 16.5 Å². The number of nitrogens with one attached hydrogen (secondary N) is 1. The molecule has 1 nitrogen and oxygen atoms in total. The highest BCUT2D eigenvalue weighted by atomic mass is 14.8. The smallest absolute Gasteiger partial charge is 0.0417 e. The molecule has 0 fully saturated rings. The van der Waals surface area contributed by atoms with Crippen LogP contribution < -0.4 is 5.32 Å². The van der Waals surface area contributed by atoms with Crippen molar-refractivity contribution < 1.29 is 0 Å². The van der Waals surface area contributed by atoms with Gasteiger partial charge in [-0.15, -0.1) is 0 Å². The molecule has 0 saturated heterocycles. The Hall–Kier alpha value is -1.50. The molecule has 0 radical (unpaired) electrons. The number of aryl methyl sites for hydroxylation is 1. The summed E-state index contributed by atoms with van der Waals surface area (Å²) in [6.45, 7) is 2.14. The van der Waals surface area contributed by atoms with Crippen LogP contribution >= 0.6 is 0 Å². The Balaban J connectivity index is 2.84. The summed E-state index contributed by atoms with van der Waals surface area (Å²) in [7, 11) is 1.96. The summed E-state index contributed by atoms with van der Waals surface area (Å²) in [5, 5.41) is 5.82. The van der Waals surface area contributed by atoms with Crippen LogP contribution in [0.3, 0.4) is 0 Å². The van der Waals surface area contributed by atoms with E-state index in [1.807, 2.05) is 7.05 Å². The summed E-state index contributed by atoms with van der Waals surface area (Å²) in [5.74, 6) is 0. The van der Waals surface area contributed by atoms with Crippen LogP contribution in [0.25, 0.3) is 10.8 Å². The van der Waals surface area contributed by atoms with E-state index < -0.39 is 0 Å². The molecular weight excluding hydrogens is 158 g/mol. The van der Waals surface area contributed by atoms with Crippen LogP contribution in [0.15, 0.2) is 36.4 Å². The predicted octanol–water partition coefficient (Wildman–Crippen LogP) is 3.19. The lowest BCUT2D eigenvalue weighted by Gasteiger charge is -2.07. The molecule has 0 saturated carbocycles. The number of anilines is 1. The van der Waals surface area contributed by atoms with Crippen LogP contribution in [0, 0.1) is 6.92 Å². The average Bonchev–Trinajstić information content (AvgIpc) is 2.19. The van der Waals surface area contributed by atoms with Gasteiger partial charge in [-0.1, -0.05) is 30.3 Å². The fraction of sp³-hybridized carbons (Fsp3) is 0.167. The van der Waals surface area contributed by atoms with Crippen LogP contribution in [-0.4, -0.2) is 7.05 Å². The normalized spacial score (nSPS) is 10.3. The second-order valence-corrected chi connectivity index (χ2v) is 3.23. The molecule has 0 spiro atoms. The zero-order valence-electron chi connectivity index (χ0n) is 7.96. The number of benzene rings is 2. The van der Waals surface area contributed by atoms with E-state index in [0.717, 1.165) is 0 Å². The van der Waals surface area contributed by atoms with Crippen molar-refractivity contribution in [2.75, 3.05) is 12.4 Å². The molecule has 0 aliphatic rings. The van der Waals surface area contributed by atoms with Crippen LogP contribution in [0.1, 0.15) is 5.56 Å². The first-order valence-electron chi connectivity index (χ1n) is 4.49. The summed E-state index contributed by atoms with van der Waals surface area (Å²) in [4.78, 5) is 0. The molecule has 13 heavy (non-hydrogen) atoms. The first-order chi connectivity index (χ1) is 6.33. The monoisotopic (exact) mass is 171 g/mol. The van der Waals surface area contributed by atoms with Crippen molar-refractivity contribution in [1.82, 2.24) is 0 Å². The minimum absolute atomic E-state index is 1.20. The Morgan fingerprint density at radius 1 is 0.923 bits per heavy atom. The molecule has 0 atom stereocenters. The lowest BCUT2D eigenvalue weighted by atomic mass is 10.0. The Morgan fingerprint density at radius 2 is 1.62 bits per heavy atom. The maximum atomic E-state index is 3.20. The molecule has 0 aromatic heterocycles. The van der Waals surface area contributed by atoms with Crippen molar-refractivity contribution in [3.8, 4) is 0 Å². The van der Waals surface area contributed by atoms with E-state index in [0.29, 0.717) is 0 Å². The van der Waals surface area contributed by atoms with Gasteiger partial charge in [0.2, 0.25) is 0 Å². The van der Waals surface area contributed by atoms with Crippen molar-refractivity contribution in [2.45, 2.75) is 6.92 Å². The minimum Gasteiger partial charge on any atom is -0.388 e. The molecule has 1 heteroatoms. The highest BCUT2D eigenvalue weighted by Gasteiger charge is 1.99. The summed E-state index contributed by atoms with van der Waals surface area (Å²) >= 11 is 0. The van der Waals surface area contributed by atoms with Gasteiger partial charge in [0.25, 0.3) is 0 Å². The van der Waals surface area contributed by atoms with Gasteiger partial charge in [-0.2, -0.15) is 0 Å². The molecule has 0 unspecified atom stereocenters. The number of hydrogen-bond acceptors (Lipinski definition) is 1. The van der Waals surface area contributed by atoms with E-state index >= 15 is 0 Å². The van der Waals surface area contributed by atoms with Gasteiger partial charge in [0.1, 0.15) is 0 Å². The SMILES string of the molecule is CNc1ccc(C)c2ccccc12. The van der Waals surface area contributed by atoms with E-state index in [4.69, 9.17) is 0 Å². The molecule has 0 amide bonds. The summed E-state index contributed by atoms with van der Waals surface area (Å²) in [6.07, 6.45) is 0. The number of rotatable bonds is 1. The van der Waals surface area contributed by atoms with Crippen LogP contribution in [0.5, 0.6) is 0 Å². The fourth-order valence-electron chi connectivity index (χ4n) is 1.67. The van der Waals surface area contributed by atoms with E-state index in [-0.39, 0.29) is 0 Å². The Kier molecular flexibility index (Phi) is 1.93. The third kappa shape index (κ3) is 1.26. The van der Waals surface area contributed by atoms with Crippen molar-refractivity contribution in [1.29, 1.82) is 0 Å². The fourth-order valence-corrected chi connectivity index (χ4v) is 1.67. The third-order valence-electron chi connectivity index (χ3n) is 2.41. The van der Waals surface area contributed by atoms with Crippen molar-refractivity contribution in [2.24, 2.45) is 0 Å². The standard InChI is InChI=1S/C12H13N/c1-9-7-8-12(13-2)11-6-4-3-5-10(9)11/h3-8,13H,1-2H3. The average molecular weight is 171 g/mol. The van der Waals surface area contributed by atoms with Gasteiger partial charge in [0.05, 0.1) is 0 Å². The van der Waals surface area contributed by atoms with Crippen LogP contribution in [0.4, 0.5) is 5.69 Å². The lowest BCUT2D eigenvalue weighted by Crippen LogP contribution is -1.90. The van der Waals surface area contributed by atoms with E-state index in [9.17, 15) is 0 Å². The van der Waals surface area contributed by atoms with Gasteiger partial charge in [0.15, 0.2) is 0 Å². The van der Waals surface area contributed by atoms with Gasteiger partial charge >= 0.3 is 0 Å². The molecule has 1 N–H and O–H groups in total. The van der Waals surface area contributed by atoms with E-state index in [1.165, 1.54) is 22.0 Å². The highest BCUT2D eigenvalue weighted by molar-refractivity contribution is 5.95. The Labute approximate surface area is 78.4 Å². The Bertz CT molecular complexity index is 432. The topological polar surface area (TPSA) is 12.0 Å². The van der Waals surface area contributed by atoms with Gasteiger partial charge in [-0.25, -0.2) is 0 Å². The molecule has 2 aromatic rings. The van der Waals surface area contributed by atoms with Gasteiger partial charge < -0.3 is 5.32 Å². The highest BCUT2D eigenvalue weighted by Crippen LogP contribution is 2.25. The largest absolute Gasteiger partial charge is 0.388 e. The van der Waals surface area contributed by atoms with Crippen LogP contribution in [-0.2, 0) is 0 Å². The second-order valence-electron chi connectivity index (χ2n) is 3.23. The third-order valence-corrected chi connectivity index (χ3v) is 2.41. The maximum absolute atomic E-state index is 3.20. The summed E-state index contributed by atoms with van der Waals surface area (Å²) in [6, 6.07) is 12.7. The quantitative estimate of drug-likeness (QED) is 0.694. The molecular formula is C12H13N. The maximum Gasteiger partial charge on any atom is 0.0417 e. The molecule has 66 valence electrons. The van der Waals surface area contributed by atoms with Crippen molar-refractivity contribution in [3.63, 3.8) is 0 Å². The van der Waals surface area contributed by atoms with E-state index in [2.05, 4.69) is 48.6 Å². The summed E-state index contributed by atoms with van der Waals surface area (Å²) < 4.78 is 0. The molecule has 0 bridgehead atoms. The number of fused-ring (bicyclic) bond motifs is 1. The molecule has 0 aliphatic carbocycles. The molecule has 2 rings (SSSR count). The van der Waals surface area contributed by atoms with Gasteiger partial charge in [-0.05, 0) is 23.9 Å². The Morgan fingerprint density at radius 3 is 2.31 bits per heavy atom. The zero-order chi connectivity index (χ0) is 9.26.